The van der Waals surface area contributed by atoms with Gasteiger partial charge in [0.1, 0.15) is 10.6 Å². The van der Waals surface area contributed by atoms with Crippen LogP contribution in [0.3, 0.4) is 0 Å². The molecule has 0 bridgehead atoms. The Morgan fingerprint density at radius 1 is 1.48 bits per heavy atom. The van der Waals surface area contributed by atoms with Gasteiger partial charge in [-0.1, -0.05) is 0 Å². The Balaban J connectivity index is 2.38. The van der Waals surface area contributed by atoms with E-state index in [1.165, 1.54) is 19.2 Å². The highest BCUT2D eigenvalue weighted by atomic mass is 79.9. The lowest BCUT2D eigenvalue weighted by Gasteiger charge is -2.15. The van der Waals surface area contributed by atoms with E-state index < -0.39 is 16.1 Å². The summed E-state index contributed by atoms with van der Waals surface area (Å²) in [5.41, 5.74) is 6.79. The predicted octanol–water partition coefficient (Wildman–Crippen LogP) is 1.80. The average molecular weight is 375 g/mol. The first-order chi connectivity index (χ1) is 9.85. The highest BCUT2D eigenvalue weighted by Crippen LogP contribution is 2.32. The lowest BCUT2D eigenvalue weighted by molar-refractivity contribution is 0.402. The van der Waals surface area contributed by atoms with Gasteiger partial charge in [0.05, 0.1) is 13.3 Å². The fourth-order valence-electron chi connectivity index (χ4n) is 1.78. The summed E-state index contributed by atoms with van der Waals surface area (Å²) in [6, 6.07) is 2.43. The summed E-state index contributed by atoms with van der Waals surface area (Å²) in [6.07, 6.45) is 3.18. The molecule has 1 aromatic heterocycles. The summed E-state index contributed by atoms with van der Waals surface area (Å²) in [5, 5.41) is 6.43. The molecule has 1 heterocycles. The zero-order chi connectivity index (χ0) is 15.6. The number of rotatable bonds is 5. The Morgan fingerprint density at radius 2 is 2.19 bits per heavy atom. The van der Waals surface area contributed by atoms with Crippen molar-refractivity contribution in [3.63, 3.8) is 0 Å². The largest absolute Gasteiger partial charge is 0.495 e. The van der Waals surface area contributed by atoms with Crippen LogP contribution < -0.4 is 15.2 Å². The number of benzene rings is 1. The van der Waals surface area contributed by atoms with Crippen LogP contribution in [0.15, 0.2) is 33.9 Å². The lowest BCUT2D eigenvalue weighted by atomic mass is 10.2. The maximum Gasteiger partial charge on any atom is 0.244 e. The quantitative estimate of drug-likeness (QED) is 0.691. The molecule has 0 saturated heterocycles. The molecule has 114 valence electrons. The normalized spacial score (nSPS) is 13.1. The zero-order valence-electron chi connectivity index (χ0n) is 11.4. The number of methoxy groups -OCH3 is 1. The molecule has 21 heavy (non-hydrogen) atoms. The Kier molecular flexibility index (Phi) is 4.55. The van der Waals surface area contributed by atoms with Gasteiger partial charge in [-0.15, -0.1) is 0 Å². The first kappa shape index (κ1) is 15.8. The fraction of sp³-hybridized carbons (Fsp3) is 0.250. The number of aromatic nitrogens is 2. The van der Waals surface area contributed by atoms with Gasteiger partial charge in [-0.05, 0) is 35.0 Å². The molecule has 0 aliphatic rings. The first-order valence-electron chi connectivity index (χ1n) is 5.99. The van der Waals surface area contributed by atoms with Gasteiger partial charge >= 0.3 is 0 Å². The van der Waals surface area contributed by atoms with E-state index in [9.17, 15) is 8.42 Å². The van der Waals surface area contributed by atoms with E-state index >= 15 is 0 Å². The maximum absolute atomic E-state index is 12.5. The number of nitrogens with one attached hydrogen (secondary N) is 2. The SMILES string of the molecule is COc1cc(Br)c(N)cc1S(=O)(=O)NC(C)c1cn[nH]c1. The van der Waals surface area contributed by atoms with E-state index in [0.717, 1.165) is 5.56 Å². The van der Waals surface area contributed by atoms with Crippen molar-refractivity contribution in [3.8, 4) is 5.75 Å². The van der Waals surface area contributed by atoms with Crippen molar-refractivity contribution in [2.75, 3.05) is 12.8 Å². The van der Waals surface area contributed by atoms with Crippen molar-refractivity contribution < 1.29 is 13.2 Å². The molecule has 0 spiro atoms. The second-order valence-corrected chi connectivity index (χ2v) is 6.94. The van der Waals surface area contributed by atoms with E-state index in [-0.39, 0.29) is 10.6 Å². The van der Waals surface area contributed by atoms with E-state index in [2.05, 4.69) is 30.8 Å². The summed E-state index contributed by atoms with van der Waals surface area (Å²) in [7, 11) is -2.39. The number of hydrogen-bond acceptors (Lipinski definition) is 5. The number of nitrogens with zero attached hydrogens (tertiary/aromatic N) is 1. The molecule has 0 amide bonds. The molecule has 0 radical (unpaired) electrons. The number of aromatic amines is 1. The Hall–Kier alpha value is -1.58. The van der Waals surface area contributed by atoms with Gasteiger partial charge in [-0.3, -0.25) is 5.10 Å². The number of sulfonamides is 1. The van der Waals surface area contributed by atoms with E-state index in [0.29, 0.717) is 10.2 Å². The molecule has 0 aliphatic carbocycles. The first-order valence-corrected chi connectivity index (χ1v) is 8.27. The second-order valence-electron chi connectivity index (χ2n) is 4.40. The number of nitrogen functional groups attached to an aromatic ring is 1. The predicted molar refractivity (Wildman–Crippen MR) is 82.4 cm³/mol. The third kappa shape index (κ3) is 3.36. The Labute approximate surface area is 131 Å². The highest BCUT2D eigenvalue weighted by molar-refractivity contribution is 9.10. The second kappa shape index (κ2) is 6.04. The number of anilines is 1. The van der Waals surface area contributed by atoms with Crippen LogP contribution in [-0.4, -0.2) is 25.7 Å². The Bertz CT molecular complexity index is 731. The molecule has 7 nitrogen and oxygen atoms in total. The molecular formula is C12H15BrN4O3S. The molecule has 4 N–H and O–H groups in total. The van der Waals surface area contributed by atoms with Gasteiger partial charge in [-0.25, -0.2) is 13.1 Å². The third-order valence-electron chi connectivity index (χ3n) is 2.92. The molecule has 1 atom stereocenters. The molecule has 0 fully saturated rings. The van der Waals surface area contributed by atoms with Crippen molar-refractivity contribution in [1.29, 1.82) is 0 Å². The molecule has 1 aromatic carbocycles. The van der Waals surface area contributed by atoms with Gasteiger partial charge in [0.2, 0.25) is 10.0 Å². The van der Waals surface area contributed by atoms with Crippen LogP contribution in [0.1, 0.15) is 18.5 Å². The number of H-pyrrole nitrogens is 1. The molecule has 2 rings (SSSR count). The molecule has 0 aliphatic heterocycles. The van der Waals surface area contributed by atoms with Gasteiger partial charge in [0.25, 0.3) is 0 Å². The lowest BCUT2D eigenvalue weighted by Crippen LogP contribution is -2.27. The summed E-state index contributed by atoms with van der Waals surface area (Å²) < 4.78 is 33.2. The van der Waals surface area contributed by atoms with Crippen molar-refractivity contribution >= 4 is 31.6 Å². The van der Waals surface area contributed by atoms with Gasteiger partial charge in [0.15, 0.2) is 0 Å². The number of nitrogens with two attached hydrogens (primary N) is 1. The summed E-state index contributed by atoms with van der Waals surface area (Å²) >= 11 is 3.24. The molecule has 0 saturated carbocycles. The van der Waals surface area contributed by atoms with Crippen molar-refractivity contribution in [2.24, 2.45) is 0 Å². The van der Waals surface area contributed by atoms with Crippen LogP contribution in [-0.2, 0) is 10.0 Å². The van der Waals surface area contributed by atoms with Crippen LogP contribution in [0.2, 0.25) is 0 Å². The smallest absolute Gasteiger partial charge is 0.244 e. The average Bonchev–Trinajstić information content (AvgIpc) is 2.94. The Morgan fingerprint density at radius 3 is 2.76 bits per heavy atom. The molecular weight excluding hydrogens is 360 g/mol. The standard InChI is InChI=1S/C12H15BrN4O3S/c1-7(8-5-15-16-6-8)17-21(18,19)12-4-10(14)9(13)3-11(12)20-2/h3-7,17H,14H2,1-2H3,(H,15,16). The van der Waals surface area contributed by atoms with E-state index in [4.69, 9.17) is 10.5 Å². The van der Waals surface area contributed by atoms with Crippen molar-refractivity contribution in [1.82, 2.24) is 14.9 Å². The van der Waals surface area contributed by atoms with E-state index in [1.807, 2.05) is 0 Å². The third-order valence-corrected chi connectivity index (χ3v) is 5.17. The summed E-state index contributed by atoms with van der Waals surface area (Å²) in [5.74, 6) is 0.211. The minimum Gasteiger partial charge on any atom is -0.495 e. The summed E-state index contributed by atoms with van der Waals surface area (Å²) in [4.78, 5) is -0.0129. The molecule has 2 aromatic rings. The fourth-order valence-corrected chi connectivity index (χ4v) is 3.52. The minimum absolute atomic E-state index is 0.0129. The van der Waals surface area contributed by atoms with E-state index in [1.54, 1.807) is 19.3 Å². The van der Waals surface area contributed by atoms with Gasteiger partial charge < -0.3 is 10.5 Å². The maximum atomic E-state index is 12.5. The number of ether oxygens (including phenoxy) is 1. The van der Waals surface area contributed by atoms with Gasteiger partial charge in [0, 0.05) is 28.0 Å². The van der Waals surface area contributed by atoms with Crippen LogP contribution in [0.4, 0.5) is 5.69 Å². The van der Waals surface area contributed by atoms with Crippen molar-refractivity contribution in [2.45, 2.75) is 17.9 Å². The number of halogens is 1. The number of hydrogen-bond donors (Lipinski definition) is 3. The highest BCUT2D eigenvalue weighted by Gasteiger charge is 2.24. The zero-order valence-corrected chi connectivity index (χ0v) is 13.8. The minimum atomic E-state index is -3.79. The van der Waals surface area contributed by atoms with Crippen LogP contribution in [0.25, 0.3) is 0 Å². The molecule has 9 heteroatoms. The van der Waals surface area contributed by atoms with Crippen LogP contribution in [0, 0.1) is 0 Å². The van der Waals surface area contributed by atoms with Crippen molar-refractivity contribution in [3.05, 3.63) is 34.6 Å². The summed E-state index contributed by atoms with van der Waals surface area (Å²) in [6.45, 7) is 1.72. The monoisotopic (exact) mass is 374 g/mol. The topological polar surface area (TPSA) is 110 Å². The van der Waals surface area contributed by atoms with Gasteiger partial charge in [-0.2, -0.15) is 5.10 Å². The van der Waals surface area contributed by atoms with Crippen LogP contribution >= 0.6 is 15.9 Å². The molecule has 1 unspecified atom stereocenters. The van der Waals surface area contributed by atoms with Crippen LogP contribution in [0.5, 0.6) is 5.75 Å².